The number of aryl methyl sites for hydroxylation is 2. The number of hydrogen-bond donors (Lipinski definition) is 1. The van der Waals surface area contributed by atoms with E-state index in [1.807, 2.05) is 43.2 Å². The number of hydrogen-bond acceptors (Lipinski definition) is 4. The molecule has 19 heavy (non-hydrogen) atoms. The molecule has 0 aromatic carbocycles. The molecule has 2 rings (SSSR count). The maximum Gasteiger partial charge on any atom is 0.131 e. The van der Waals surface area contributed by atoms with Crippen molar-refractivity contribution in [3.8, 4) is 0 Å². The van der Waals surface area contributed by atoms with Crippen molar-refractivity contribution in [2.75, 3.05) is 11.4 Å². The minimum absolute atomic E-state index is 0.516. The second-order valence-corrected chi connectivity index (χ2v) is 4.58. The van der Waals surface area contributed by atoms with Crippen LogP contribution in [0.1, 0.15) is 23.7 Å². The predicted octanol–water partition coefficient (Wildman–Crippen LogP) is 1.61. The third kappa shape index (κ3) is 2.76. The minimum atomic E-state index is 0.516. The van der Waals surface area contributed by atoms with Gasteiger partial charge in [-0.1, -0.05) is 0 Å². The van der Waals surface area contributed by atoms with Crippen molar-refractivity contribution >= 4 is 5.82 Å². The highest BCUT2D eigenvalue weighted by atomic mass is 15.4. The van der Waals surface area contributed by atoms with Crippen molar-refractivity contribution in [3.05, 3.63) is 41.3 Å². The molecule has 102 valence electrons. The summed E-state index contributed by atoms with van der Waals surface area (Å²) in [5.74, 6) is 1.11. The first-order valence-electron chi connectivity index (χ1n) is 6.53. The molecule has 0 radical (unpaired) electrons. The first-order chi connectivity index (χ1) is 9.17. The van der Waals surface area contributed by atoms with Crippen LogP contribution in [-0.2, 0) is 20.1 Å². The van der Waals surface area contributed by atoms with Gasteiger partial charge in [-0.3, -0.25) is 9.67 Å². The quantitative estimate of drug-likeness (QED) is 0.886. The lowest BCUT2D eigenvalue weighted by Crippen LogP contribution is -2.26. The van der Waals surface area contributed by atoms with Crippen LogP contribution in [0.3, 0.4) is 0 Å². The Bertz CT molecular complexity index is 532. The number of anilines is 1. The summed E-state index contributed by atoms with van der Waals surface area (Å²) in [5, 5.41) is 4.47. The molecule has 0 aliphatic rings. The van der Waals surface area contributed by atoms with E-state index in [2.05, 4.69) is 21.9 Å². The molecular formula is C14H21N5. The van der Waals surface area contributed by atoms with Crippen LogP contribution >= 0.6 is 0 Å². The summed E-state index contributed by atoms with van der Waals surface area (Å²) in [5.41, 5.74) is 9.23. The normalized spacial score (nSPS) is 10.7. The Balaban J connectivity index is 2.32. The lowest BCUT2D eigenvalue weighted by molar-refractivity contribution is 0.703. The number of nitrogens with zero attached hydrogens (tertiary/aromatic N) is 4. The van der Waals surface area contributed by atoms with E-state index in [-0.39, 0.29) is 0 Å². The van der Waals surface area contributed by atoms with E-state index in [0.29, 0.717) is 6.54 Å². The van der Waals surface area contributed by atoms with E-state index < -0.39 is 0 Å². The van der Waals surface area contributed by atoms with Gasteiger partial charge in [0.1, 0.15) is 5.82 Å². The van der Waals surface area contributed by atoms with Crippen molar-refractivity contribution in [3.63, 3.8) is 0 Å². The van der Waals surface area contributed by atoms with Gasteiger partial charge in [0.15, 0.2) is 0 Å². The molecule has 5 heteroatoms. The Morgan fingerprint density at radius 1 is 1.32 bits per heavy atom. The smallest absolute Gasteiger partial charge is 0.131 e. The monoisotopic (exact) mass is 259 g/mol. The van der Waals surface area contributed by atoms with Crippen molar-refractivity contribution < 1.29 is 0 Å². The standard InChI is InChI=1S/C14H21N5/c1-4-19(10-12-5-7-16-8-6-12)14-13(9-15)11(2)17-18(14)3/h5-8H,4,9-10,15H2,1-3H3. The second-order valence-electron chi connectivity index (χ2n) is 4.58. The molecule has 2 aromatic rings. The minimum Gasteiger partial charge on any atom is -0.353 e. The number of aromatic nitrogens is 3. The zero-order chi connectivity index (χ0) is 13.8. The molecule has 0 fully saturated rings. The topological polar surface area (TPSA) is 60.0 Å². The third-order valence-electron chi connectivity index (χ3n) is 3.32. The van der Waals surface area contributed by atoms with E-state index in [4.69, 9.17) is 5.73 Å². The number of pyridine rings is 1. The molecule has 0 saturated carbocycles. The van der Waals surface area contributed by atoms with Gasteiger partial charge >= 0.3 is 0 Å². The van der Waals surface area contributed by atoms with E-state index in [9.17, 15) is 0 Å². The van der Waals surface area contributed by atoms with Gasteiger partial charge in [0.2, 0.25) is 0 Å². The average Bonchev–Trinajstić information content (AvgIpc) is 2.71. The first kappa shape index (κ1) is 13.5. The van der Waals surface area contributed by atoms with Crippen LogP contribution in [0.2, 0.25) is 0 Å². The second kappa shape index (κ2) is 5.84. The Morgan fingerprint density at radius 2 is 2.00 bits per heavy atom. The van der Waals surface area contributed by atoms with Crippen LogP contribution in [0.25, 0.3) is 0 Å². The lowest BCUT2D eigenvalue weighted by atomic mass is 10.2. The fourth-order valence-corrected chi connectivity index (χ4v) is 2.37. The molecule has 2 aromatic heterocycles. The van der Waals surface area contributed by atoms with Gasteiger partial charge in [-0.05, 0) is 31.5 Å². The van der Waals surface area contributed by atoms with Crippen LogP contribution in [0.15, 0.2) is 24.5 Å². The number of rotatable bonds is 5. The van der Waals surface area contributed by atoms with Crippen LogP contribution in [0.4, 0.5) is 5.82 Å². The van der Waals surface area contributed by atoms with Crippen molar-refractivity contribution in [1.29, 1.82) is 0 Å². The molecule has 0 amide bonds. The summed E-state index contributed by atoms with van der Waals surface area (Å²) in [6.07, 6.45) is 3.64. The highest BCUT2D eigenvalue weighted by Crippen LogP contribution is 2.24. The van der Waals surface area contributed by atoms with Crippen LogP contribution in [-0.4, -0.2) is 21.3 Å². The third-order valence-corrected chi connectivity index (χ3v) is 3.32. The van der Waals surface area contributed by atoms with Crippen LogP contribution in [0, 0.1) is 6.92 Å². The maximum absolute atomic E-state index is 5.86. The molecule has 0 aliphatic heterocycles. The highest BCUT2D eigenvalue weighted by molar-refractivity contribution is 5.50. The fourth-order valence-electron chi connectivity index (χ4n) is 2.37. The molecular weight excluding hydrogens is 238 g/mol. The molecule has 0 unspecified atom stereocenters. The van der Waals surface area contributed by atoms with Crippen molar-refractivity contribution in [1.82, 2.24) is 14.8 Å². The zero-order valence-electron chi connectivity index (χ0n) is 11.8. The van der Waals surface area contributed by atoms with Crippen LogP contribution < -0.4 is 10.6 Å². The summed E-state index contributed by atoms with van der Waals surface area (Å²) < 4.78 is 1.92. The summed E-state index contributed by atoms with van der Waals surface area (Å²) in [6, 6.07) is 4.07. The Morgan fingerprint density at radius 3 is 2.58 bits per heavy atom. The molecule has 2 heterocycles. The van der Waals surface area contributed by atoms with E-state index in [0.717, 1.165) is 30.2 Å². The van der Waals surface area contributed by atoms with Gasteiger partial charge in [-0.25, -0.2) is 0 Å². The molecule has 2 N–H and O–H groups in total. The van der Waals surface area contributed by atoms with Gasteiger partial charge in [-0.2, -0.15) is 5.10 Å². The summed E-state index contributed by atoms with van der Waals surface area (Å²) in [4.78, 5) is 6.34. The van der Waals surface area contributed by atoms with Crippen molar-refractivity contribution in [2.24, 2.45) is 12.8 Å². The largest absolute Gasteiger partial charge is 0.353 e. The molecule has 5 nitrogen and oxygen atoms in total. The van der Waals surface area contributed by atoms with E-state index >= 15 is 0 Å². The molecule has 0 bridgehead atoms. The molecule has 0 spiro atoms. The Kier molecular flexibility index (Phi) is 4.16. The van der Waals surface area contributed by atoms with Gasteiger partial charge in [0, 0.05) is 44.6 Å². The average molecular weight is 259 g/mol. The van der Waals surface area contributed by atoms with Crippen LogP contribution in [0.5, 0.6) is 0 Å². The molecule has 0 atom stereocenters. The summed E-state index contributed by atoms with van der Waals surface area (Å²) in [7, 11) is 1.97. The molecule has 0 saturated heterocycles. The molecule has 0 aliphatic carbocycles. The SMILES string of the molecule is CCN(Cc1ccncc1)c1c(CN)c(C)nn1C. The first-order valence-corrected chi connectivity index (χ1v) is 6.53. The van der Waals surface area contributed by atoms with Gasteiger partial charge in [-0.15, -0.1) is 0 Å². The predicted molar refractivity (Wildman–Crippen MR) is 76.8 cm³/mol. The van der Waals surface area contributed by atoms with E-state index in [1.54, 1.807) is 0 Å². The highest BCUT2D eigenvalue weighted by Gasteiger charge is 2.17. The maximum atomic E-state index is 5.86. The summed E-state index contributed by atoms with van der Waals surface area (Å²) in [6.45, 7) is 6.41. The van der Waals surface area contributed by atoms with Gasteiger partial charge in [0.25, 0.3) is 0 Å². The Hall–Kier alpha value is -1.88. The van der Waals surface area contributed by atoms with E-state index in [1.165, 1.54) is 5.56 Å². The zero-order valence-corrected chi connectivity index (χ0v) is 11.8. The Labute approximate surface area is 114 Å². The van der Waals surface area contributed by atoms with Gasteiger partial charge < -0.3 is 10.6 Å². The summed E-state index contributed by atoms with van der Waals surface area (Å²) >= 11 is 0. The van der Waals surface area contributed by atoms with Crippen molar-refractivity contribution in [2.45, 2.75) is 26.9 Å². The number of nitrogens with two attached hydrogens (primary N) is 1. The fraction of sp³-hybridized carbons (Fsp3) is 0.429. The van der Waals surface area contributed by atoms with Gasteiger partial charge in [0.05, 0.1) is 5.69 Å². The lowest BCUT2D eigenvalue weighted by Gasteiger charge is -2.24.